The zero-order valence-corrected chi connectivity index (χ0v) is 11.6. The summed E-state index contributed by atoms with van der Waals surface area (Å²) in [6, 6.07) is 4.39. The van der Waals surface area contributed by atoms with Crippen LogP contribution in [0.25, 0.3) is 0 Å². The predicted octanol–water partition coefficient (Wildman–Crippen LogP) is 2.59. The fourth-order valence-corrected chi connectivity index (χ4v) is 1.65. The van der Waals surface area contributed by atoms with E-state index in [0.29, 0.717) is 18.9 Å². The highest BCUT2D eigenvalue weighted by molar-refractivity contribution is 9.10. The maximum absolute atomic E-state index is 13.0. The first-order valence-corrected chi connectivity index (χ1v) is 6.24. The minimum absolute atomic E-state index is 0.0371. The molecule has 1 N–H and O–H groups in total. The minimum Gasteiger partial charge on any atom is -0.488 e. The predicted molar refractivity (Wildman–Crippen MR) is 68.9 cm³/mol. The van der Waals surface area contributed by atoms with Crippen molar-refractivity contribution in [1.29, 1.82) is 0 Å². The molecule has 1 aromatic carbocycles. The number of ether oxygens (including phenoxy) is 2. The molecule has 5 heteroatoms. The molecule has 0 aliphatic carbocycles. The van der Waals surface area contributed by atoms with Gasteiger partial charge in [0.25, 0.3) is 0 Å². The normalized spacial score (nSPS) is 12.5. The van der Waals surface area contributed by atoms with E-state index >= 15 is 0 Å². The summed E-state index contributed by atoms with van der Waals surface area (Å²) < 4.78 is 24.3. The Labute approximate surface area is 109 Å². The first-order chi connectivity index (χ1) is 8.13. The van der Waals surface area contributed by atoms with Gasteiger partial charge in [0.1, 0.15) is 17.7 Å². The lowest BCUT2D eigenvalue weighted by atomic mass is 10.3. The molecule has 0 aliphatic rings. The van der Waals surface area contributed by atoms with E-state index < -0.39 is 0 Å². The minimum atomic E-state index is -0.303. The Bertz CT molecular complexity index is 349. The van der Waals surface area contributed by atoms with E-state index in [1.807, 2.05) is 6.92 Å². The fourth-order valence-electron chi connectivity index (χ4n) is 1.31. The second-order valence-electron chi connectivity index (χ2n) is 3.70. The van der Waals surface area contributed by atoms with Crippen LogP contribution in [0, 0.1) is 5.82 Å². The molecule has 3 nitrogen and oxygen atoms in total. The number of nitrogens with one attached hydrogen (secondary N) is 1. The molecule has 0 saturated heterocycles. The molecule has 0 aliphatic heterocycles. The molecule has 0 amide bonds. The van der Waals surface area contributed by atoms with Crippen molar-refractivity contribution in [2.24, 2.45) is 0 Å². The summed E-state index contributed by atoms with van der Waals surface area (Å²) in [5.41, 5.74) is 0. The number of rotatable bonds is 7. The first kappa shape index (κ1) is 14.4. The van der Waals surface area contributed by atoms with E-state index in [0.717, 1.165) is 11.0 Å². The Kier molecular flexibility index (Phi) is 6.47. The number of hydrogen-bond acceptors (Lipinski definition) is 3. The molecule has 0 saturated carbocycles. The van der Waals surface area contributed by atoms with E-state index in [1.54, 1.807) is 13.2 Å². The average Bonchev–Trinajstić information content (AvgIpc) is 2.29. The molecule has 0 spiro atoms. The molecule has 17 heavy (non-hydrogen) atoms. The molecule has 1 rings (SSSR count). The van der Waals surface area contributed by atoms with Crippen LogP contribution in [0.5, 0.6) is 5.75 Å². The molecular weight excluding hydrogens is 289 g/mol. The molecule has 0 fully saturated rings. The van der Waals surface area contributed by atoms with Gasteiger partial charge < -0.3 is 14.8 Å². The fraction of sp³-hybridized carbons (Fsp3) is 0.500. The number of methoxy groups -OCH3 is 1. The van der Waals surface area contributed by atoms with E-state index in [9.17, 15) is 4.39 Å². The van der Waals surface area contributed by atoms with Gasteiger partial charge in [-0.25, -0.2) is 4.39 Å². The zero-order valence-electron chi connectivity index (χ0n) is 10.0. The number of hydrogen-bond donors (Lipinski definition) is 1. The lowest BCUT2D eigenvalue weighted by Gasteiger charge is -2.16. The lowest BCUT2D eigenvalue weighted by molar-refractivity contribution is 0.183. The third-order valence-electron chi connectivity index (χ3n) is 2.14. The second kappa shape index (κ2) is 7.63. The summed E-state index contributed by atoms with van der Waals surface area (Å²) in [6.07, 6.45) is -0.0371. The average molecular weight is 306 g/mol. The Morgan fingerprint density at radius 1 is 1.47 bits per heavy atom. The smallest absolute Gasteiger partial charge is 0.136 e. The van der Waals surface area contributed by atoms with Crippen molar-refractivity contribution < 1.29 is 13.9 Å². The maximum atomic E-state index is 13.0. The molecule has 1 aromatic rings. The third kappa shape index (κ3) is 5.48. The topological polar surface area (TPSA) is 30.5 Å². The SMILES string of the molecule is COCCNCC(C)Oc1cc(F)ccc1Br. The summed E-state index contributed by atoms with van der Waals surface area (Å²) in [5.74, 6) is 0.216. The monoisotopic (exact) mass is 305 g/mol. The van der Waals surface area contributed by atoms with Crippen molar-refractivity contribution in [1.82, 2.24) is 5.32 Å². The van der Waals surface area contributed by atoms with Crippen molar-refractivity contribution in [3.63, 3.8) is 0 Å². The van der Waals surface area contributed by atoms with Crippen LogP contribution in [-0.4, -0.2) is 32.9 Å². The van der Waals surface area contributed by atoms with E-state index in [4.69, 9.17) is 9.47 Å². The van der Waals surface area contributed by atoms with Gasteiger partial charge in [-0.1, -0.05) is 0 Å². The van der Waals surface area contributed by atoms with Crippen LogP contribution in [0.1, 0.15) is 6.92 Å². The van der Waals surface area contributed by atoms with Crippen LogP contribution in [-0.2, 0) is 4.74 Å². The van der Waals surface area contributed by atoms with Crippen LogP contribution in [0.4, 0.5) is 4.39 Å². The van der Waals surface area contributed by atoms with Gasteiger partial charge >= 0.3 is 0 Å². The Morgan fingerprint density at radius 2 is 2.24 bits per heavy atom. The summed E-state index contributed by atoms with van der Waals surface area (Å²) in [7, 11) is 1.66. The van der Waals surface area contributed by atoms with Crippen LogP contribution in [0.2, 0.25) is 0 Å². The standard InChI is InChI=1S/C12H17BrFNO2/c1-9(8-15-5-6-16-2)17-12-7-10(14)3-4-11(12)13/h3-4,7,9,15H,5-6,8H2,1-2H3. The molecule has 1 unspecified atom stereocenters. The highest BCUT2D eigenvalue weighted by Gasteiger charge is 2.07. The van der Waals surface area contributed by atoms with Gasteiger partial charge in [0, 0.05) is 26.3 Å². The molecular formula is C12H17BrFNO2. The Morgan fingerprint density at radius 3 is 2.94 bits per heavy atom. The molecule has 0 aromatic heterocycles. The van der Waals surface area contributed by atoms with Crippen molar-refractivity contribution in [2.45, 2.75) is 13.0 Å². The first-order valence-electron chi connectivity index (χ1n) is 5.45. The van der Waals surface area contributed by atoms with Crippen molar-refractivity contribution in [2.75, 3.05) is 26.8 Å². The van der Waals surface area contributed by atoms with E-state index in [1.165, 1.54) is 12.1 Å². The number of halogens is 2. The highest BCUT2D eigenvalue weighted by Crippen LogP contribution is 2.26. The summed E-state index contributed by atoms with van der Waals surface area (Å²) >= 11 is 3.32. The van der Waals surface area contributed by atoms with Crippen LogP contribution in [0.3, 0.4) is 0 Å². The Balaban J connectivity index is 2.39. The molecule has 0 heterocycles. The summed E-state index contributed by atoms with van der Waals surface area (Å²) in [6.45, 7) is 4.05. The lowest BCUT2D eigenvalue weighted by Crippen LogP contribution is -2.31. The van der Waals surface area contributed by atoms with Crippen molar-refractivity contribution in [3.05, 3.63) is 28.5 Å². The van der Waals surface area contributed by atoms with Crippen LogP contribution >= 0.6 is 15.9 Å². The van der Waals surface area contributed by atoms with E-state index in [-0.39, 0.29) is 11.9 Å². The van der Waals surface area contributed by atoms with E-state index in [2.05, 4.69) is 21.2 Å². The van der Waals surface area contributed by atoms with Crippen LogP contribution < -0.4 is 10.1 Å². The van der Waals surface area contributed by atoms with Gasteiger partial charge in [0.05, 0.1) is 11.1 Å². The van der Waals surface area contributed by atoms with Crippen molar-refractivity contribution in [3.8, 4) is 5.75 Å². The quantitative estimate of drug-likeness (QED) is 0.786. The maximum Gasteiger partial charge on any atom is 0.136 e. The van der Waals surface area contributed by atoms with Crippen LogP contribution in [0.15, 0.2) is 22.7 Å². The molecule has 0 bridgehead atoms. The van der Waals surface area contributed by atoms with Gasteiger partial charge in [-0.15, -0.1) is 0 Å². The van der Waals surface area contributed by atoms with Gasteiger partial charge in [0.2, 0.25) is 0 Å². The largest absolute Gasteiger partial charge is 0.488 e. The van der Waals surface area contributed by atoms with Crippen molar-refractivity contribution >= 4 is 15.9 Å². The van der Waals surface area contributed by atoms with Gasteiger partial charge in [-0.3, -0.25) is 0 Å². The number of benzene rings is 1. The summed E-state index contributed by atoms with van der Waals surface area (Å²) in [5, 5.41) is 3.18. The molecule has 96 valence electrons. The zero-order chi connectivity index (χ0) is 12.7. The van der Waals surface area contributed by atoms with Gasteiger partial charge in [0.15, 0.2) is 0 Å². The second-order valence-corrected chi connectivity index (χ2v) is 4.55. The van der Waals surface area contributed by atoms with Gasteiger partial charge in [-0.2, -0.15) is 0 Å². The summed E-state index contributed by atoms with van der Waals surface area (Å²) in [4.78, 5) is 0. The van der Waals surface area contributed by atoms with Gasteiger partial charge in [-0.05, 0) is 35.0 Å². The highest BCUT2D eigenvalue weighted by atomic mass is 79.9. The Hall–Kier alpha value is -0.650. The third-order valence-corrected chi connectivity index (χ3v) is 2.79. The molecule has 0 radical (unpaired) electrons. The molecule has 1 atom stereocenters.